The Labute approximate surface area is 131 Å². The Morgan fingerprint density at radius 3 is 2.55 bits per heavy atom. The molecule has 1 aliphatic rings. The van der Waals surface area contributed by atoms with Crippen molar-refractivity contribution in [3.8, 4) is 0 Å². The second kappa shape index (κ2) is 6.13. The first-order chi connectivity index (χ1) is 10.6. The highest BCUT2D eigenvalue weighted by molar-refractivity contribution is 5.90. The maximum atomic E-state index is 11.2. The summed E-state index contributed by atoms with van der Waals surface area (Å²) in [5, 5.41) is 10.4. The Hall–Kier alpha value is -1.81. The fourth-order valence-corrected chi connectivity index (χ4v) is 3.63. The summed E-state index contributed by atoms with van der Waals surface area (Å²) in [5.41, 5.74) is 4.75. The van der Waals surface area contributed by atoms with Crippen LogP contribution in [0.3, 0.4) is 0 Å². The molecular formula is C18H24N2O2. The van der Waals surface area contributed by atoms with Crippen molar-refractivity contribution in [2.45, 2.75) is 39.7 Å². The van der Waals surface area contributed by atoms with E-state index >= 15 is 0 Å². The number of benzene rings is 1. The minimum atomic E-state index is -0.788. The van der Waals surface area contributed by atoms with Crippen LogP contribution in [-0.2, 0) is 17.8 Å². The van der Waals surface area contributed by atoms with Crippen molar-refractivity contribution >= 4 is 16.9 Å². The Bertz CT molecular complexity index is 697. The predicted molar refractivity (Wildman–Crippen MR) is 88.4 cm³/mol. The number of carboxylic acids is 1. The molecule has 4 nitrogen and oxygen atoms in total. The maximum absolute atomic E-state index is 11.2. The van der Waals surface area contributed by atoms with Gasteiger partial charge in [0.05, 0.1) is 5.52 Å². The van der Waals surface area contributed by atoms with Crippen LogP contribution in [0.4, 0.5) is 0 Å². The highest BCUT2D eigenvalue weighted by atomic mass is 16.4. The smallest absolute Gasteiger partial charge is 0.323 e. The topological polar surface area (TPSA) is 45.5 Å². The minimum Gasteiger partial charge on any atom is -0.480 e. The predicted octanol–water partition coefficient (Wildman–Crippen LogP) is 2.98. The van der Waals surface area contributed by atoms with E-state index in [2.05, 4.69) is 37.1 Å². The number of carbonyl (C=O) groups is 1. The fraction of sp³-hybridized carbons (Fsp3) is 0.500. The highest BCUT2D eigenvalue weighted by Crippen LogP contribution is 2.28. The quantitative estimate of drug-likeness (QED) is 0.923. The van der Waals surface area contributed by atoms with Crippen LogP contribution in [0.2, 0.25) is 0 Å². The second-order valence-corrected chi connectivity index (χ2v) is 6.40. The highest BCUT2D eigenvalue weighted by Gasteiger charge is 2.16. The number of nitrogens with zero attached hydrogens (tertiary/aromatic N) is 2. The molecule has 0 saturated carbocycles. The molecule has 1 N–H and O–H groups in total. The van der Waals surface area contributed by atoms with Crippen molar-refractivity contribution in [2.24, 2.45) is 0 Å². The van der Waals surface area contributed by atoms with Crippen LogP contribution < -0.4 is 0 Å². The normalized spacial score (nSPS) is 15.7. The van der Waals surface area contributed by atoms with Crippen molar-refractivity contribution in [2.75, 3.05) is 19.6 Å². The van der Waals surface area contributed by atoms with E-state index in [0.717, 1.165) is 24.0 Å². The van der Waals surface area contributed by atoms with E-state index in [0.29, 0.717) is 0 Å². The van der Waals surface area contributed by atoms with Gasteiger partial charge in [0.25, 0.3) is 0 Å². The number of aryl methyl sites for hydroxylation is 2. The first-order valence-electron chi connectivity index (χ1n) is 8.08. The maximum Gasteiger partial charge on any atom is 0.323 e. The van der Waals surface area contributed by atoms with Gasteiger partial charge in [0.2, 0.25) is 0 Å². The molecule has 118 valence electrons. The molecule has 22 heavy (non-hydrogen) atoms. The Morgan fingerprint density at radius 1 is 1.18 bits per heavy atom. The number of aromatic nitrogens is 1. The van der Waals surface area contributed by atoms with Crippen molar-refractivity contribution in [1.82, 2.24) is 9.47 Å². The van der Waals surface area contributed by atoms with Crippen LogP contribution in [0.5, 0.6) is 0 Å². The van der Waals surface area contributed by atoms with Gasteiger partial charge in [0.15, 0.2) is 0 Å². The molecule has 0 aliphatic carbocycles. The number of hydrogen-bond donors (Lipinski definition) is 1. The number of fused-ring (bicyclic) bond motifs is 1. The molecule has 0 spiro atoms. The molecular weight excluding hydrogens is 276 g/mol. The van der Waals surface area contributed by atoms with Crippen molar-refractivity contribution < 1.29 is 9.90 Å². The molecule has 2 aromatic rings. The van der Waals surface area contributed by atoms with Gasteiger partial charge in [-0.05, 0) is 62.9 Å². The van der Waals surface area contributed by atoms with Gasteiger partial charge in [-0.3, -0.25) is 4.79 Å². The van der Waals surface area contributed by atoms with Gasteiger partial charge in [-0.1, -0.05) is 12.1 Å². The van der Waals surface area contributed by atoms with Crippen LogP contribution in [0.15, 0.2) is 18.3 Å². The van der Waals surface area contributed by atoms with Crippen molar-refractivity contribution in [3.05, 3.63) is 35.0 Å². The number of likely N-dealkylation sites (tertiary alicyclic amines) is 1. The van der Waals surface area contributed by atoms with Crippen LogP contribution in [0, 0.1) is 13.8 Å². The zero-order valence-electron chi connectivity index (χ0n) is 13.4. The molecule has 0 atom stereocenters. The van der Waals surface area contributed by atoms with Gasteiger partial charge < -0.3 is 14.6 Å². The molecule has 0 unspecified atom stereocenters. The number of aliphatic carboxylic acids is 1. The summed E-state index contributed by atoms with van der Waals surface area (Å²) in [6.45, 7) is 7.68. The number of carboxylic acid groups (broad SMARTS) is 1. The fourth-order valence-electron chi connectivity index (χ4n) is 3.63. The van der Waals surface area contributed by atoms with Crippen molar-refractivity contribution in [3.63, 3.8) is 0 Å². The van der Waals surface area contributed by atoms with E-state index in [4.69, 9.17) is 5.11 Å². The van der Waals surface area contributed by atoms with Gasteiger partial charge in [-0.15, -0.1) is 0 Å². The van der Waals surface area contributed by atoms with E-state index < -0.39 is 5.97 Å². The lowest BCUT2D eigenvalue weighted by Gasteiger charge is -2.14. The third-order valence-corrected chi connectivity index (χ3v) is 4.71. The van der Waals surface area contributed by atoms with Crippen LogP contribution in [0.1, 0.15) is 29.5 Å². The second-order valence-electron chi connectivity index (χ2n) is 6.40. The lowest BCUT2D eigenvalue weighted by molar-refractivity contribution is -0.137. The lowest BCUT2D eigenvalue weighted by Crippen LogP contribution is -2.21. The summed E-state index contributed by atoms with van der Waals surface area (Å²) in [6.07, 6.45) is 5.65. The van der Waals surface area contributed by atoms with Gasteiger partial charge in [0, 0.05) is 18.1 Å². The molecule has 2 heterocycles. The summed E-state index contributed by atoms with van der Waals surface area (Å²) in [6, 6.07) is 4.22. The standard InChI is InChI=1S/C18H24N2O2/c1-13-5-6-14(2)18-17(13)15(11-20(18)12-16(21)22)7-10-19-8-3-4-9-19/h5-6,11H,3-4,7-10,12H2,1-2H3,(H,21,22). The molecule has 0 amide bonds. The van der Waals surface area contributed by atoms with E-state index in [1.807, 2.05) is 4.57 Å². The van der Waals surface area contributed by atoms with E-state index in [-0.39, 0.29) is 6.54 Å². The molecule has 0 radical (unpaired) electrons. The summed E-state index contributed by atoms with van der Waals surface area (Å²) in [5.74, 6) is -0.788. The molecule has 1 fully saturated rings. The van der Waals surface area contributed by atoms with Gasteiger partial charge >= 0.3 is 5.97 Å². The summed E-state index contributed by atoms with van der Waals surface area (Å²) in [7, 11) is 0. The Morgan fingerprint density at radius 2 is 1.86 bits per heavy atom. The molecule has 3 rings (SSSR count). The zero-order valence-corrected chi connectivity index (χ0v) is 13.4. The first-order valence-corrected chi connectivity index (χ1v) is 8.08. The Kier molecular flexibility index (Phi) is 4.21. The van der Waals surface area contributed by atoms with Gasteiger partial charge in [-0.25, -0.2) is 0 Å². The molecule has 1 aromatic heterocycles. The van der Waals surface area contributed by atoms with E-state index in [1.165, 1.54) is 42.4 Å². The monoisotopic (exact) mass is 300 g/mol. The van der Waals surface area contributed by atoms with Crippen molar-refractivity contribution in [1.29, 1.82) is 0 Å². The third kappa shape index (κ3) is 2.88. The summed E-state index contributed by atoms with van der Waals surface area (Å²) in [4.78, 5) is 13.7. The lowest BCUT2D eigenvalue weighted by atomic mass is 10.0. The van der Waals surface area contributed by atoms with Gasteiger partial charge in [0.1, 0.15) is 6.54 Å². The summed E-state index contributed by atoms with van der Waals surface area (Å²) >= 11 is 0. The van der Waals surface area contributed by atoms with Crippen LogP contribution >= 0.6 is 0 Å². The number of rotatable bonds is 5. The van der Waals surface area contributed by atoms with Crippen LogP contribution in [-0.4, -0.2) is 40.2 Å². The van der Waals surface area contributed by atoms with E-state index in [9.17, 15) is 4.79 Å². The molecule has 4 heteroatoms. The zero-order chi connectivity index (χ0) is 15.7. The SMILES string of the molecule is Cc1ccc(C)c2c1c(CCN1CCCC1)cn2CC(=O)O. The molecule has 1 aromatic carbocycles. The average molecular weight is 300 g/mol. The third-order valence-electron chi connectivity index (χ3n) is 4.71. The van der Waals surface area contributed by atoms with Crippen LogP contribution in [0.25, 0.3) is 10.9 Å². The molecule has 1 saturated heterocycles. The minimum absolute atomic E-state index is 0.0322. The summed E-state index contributed by atoms with van der Waals surface area (Å²) < 4.78 is 1.90. The number of hydrogen-bond acceptors (Lipinski definition) is 2. The molecule has 0 bridgehead atoms. The average Bonchev–Trinajstić information content (AvgIpc) is 3.08. The Balaban J connectivity index is 1.97. The largest absolute Gasteiger partial charge is 0.480 e. The van der Waals surface area contributed by atoms with E-state index in [1.54, 1.807) is 0 Å². The first kappa shape index (κ1) is 15.1. The van der Waals surface area contributed by atoms with Gasteiger partial charge in [-0.2, -0.15) is 0 Å². The molecule has 1 aliphatic heterocycles.